The summed E-state index contributed by atoms with van der Waals surface area (Å²) in [5.41, 5.74) is 5.35. The fraction of sp³-hybridized carbons (Fsp3) is 0.568. The Balaban J connectivity index is 0.000000607. The number of carbonyl (C=O) groups is 3. The summed E-state index contributed by atoms with van der Waals surface area (Å²) in [5, 5.41) is 25.5. The zero-order valence-corrected chi connectivity index (χ0v) is 72.5. The Morgan fingerprint density at radius 2 is 1.13 bits per heavy atom. The molecule has 0 saturated carbocycles. The van der Waals surface area contributed by atoms with Gasteiger partial charge in [0.15, 0.2) is 0 Å². The molecule has 32 heteroatoms. The van der Waals surface area contributed by atoms with Crippen molar-refractivity contribution >= 4 is 99.4 Å². The molecule has 0 bridgehead atoms. The number of carboxylic acid groups (broad SMARTS) is 1. The Morgan fingerprint density at radius 1 is 0.670 bits per heavy atom. The molecule has 12 heterocycles. The number of nitrogens with zero attached hydrogens (tertiary/aromatic N) is 5. The molecule has 0 aliphatic carbocycles. The largest absolute Gasteiger partial charge is 1.00 e. The van der Waals surface area contributed by atoms with Gasteiger partial charge in [-0.25, -0.2) is 24.6 Å². The maximum absolute atomic E-state index is 12.1. The van der Waals surface area contributed by atoms with Crippen LogP contribution in [0.4, 0.5) is 0 Å². The number of alkyl halides is 1. The number of hydrogen-bond donors (Lipinski definition) is 2. The van der Waals surface area contributed by atoms with Crippen molar-refractivity contribution in [1.82, 2.24) is 13.8 Å². The molecule has 578 valence electrons. The molecule has 106 heavy (non-hydrogen) atoms. The van der Waals surface area contributed by atoms with E-state index in [2.05, 4.69) is 32.7 Å². The van der Waals surface area contributed by atoms with Gasteiger partial charge in [0.25, 0.3) is 9.05 Å². The number of halogens is 5. The molecule has 7 fully saturated rings. The van der Waals surface area contributed by atoms with Gasteiger partial charge in [-0.05, 0) is 178 Å². The molecule has 7 aliphatic rings. The van der Waals surface area contributed by atoms with Crippen LogP contribution < -0.4 is 80.9 Å². The summed E-state index contributed by atoms with van der Waals surface area (Å²) < 4.78 is 82.5. The number of pyridine rings is 3. The maximum atomic E-state index is 12.1. The summed E-state index contributed by atoms with van der Waals surface area (Å²) in [5.74, 6) is -1.62. The van der Waals surface area contributed by atoms with Gasteiger partial charge >= 0.3 is 98.8 Å². The molecule has 5 aromatic heterocycles. The Hall–Kier alpha value is -2.93. The number of fused-ring (bicyclic) bond motifs is 2. The molecule has 8 atom stereocenters. The second-order valence-corrected chi connectivity index (χ2v) is 28.6. The van der Waals surface area contributed by atoms with Crippen molar-refractivity contribution in [1.29, 1.82) is 5.26 Å². The van der Waals surface area contributed by atoms with Gasteiger partial charge in [0, 0.05) is 89.7 Å². The van der Waals surface area contributed by atoms with Gasteiger partial charge in [0.1, 0.15) is 11.1 Å². The third-order valence-corrected chi connectivity index (χ3v) is 19.7. The fourth-order valence-corrected chi connectivity index (χ4v) is 13.2. The summed E-state index contributed by atoms with van der Waals surface area (Å²) in [6.45, 7) is 27.1. The Bertz CT molecular complexity index is 3580. The van der Waals surface area contributed by atoms with Crippen LogP contribution >= 0.6 is 61.4 Å². The third-order valence-electron chi connectivity index (χ3n) is 16.4. The monoisotopic (exact) mass is 1680 g/mol. The van der Waals surface area contributed by atoms with Gasteiger partial charge in [-0.1, -0.05) is 75.4 Å². The van der Waals surface area contributed by atoms with E-state index in [4.69, 9.17) is 121 Å². The number of aromatic carboxylic acids is 1. The second-order valence-electron chi connectivity index (χ2n) is 23.9. The molecule has 0 amide bonds. The number of carboxylic acids is 1. The van der Waals surface area contributed by atoms with Crippen molar-refractivity contribution < 1.29 is 172 Å². The summed E-state index contributed by atoms with van der Waals surface area (Å²) in [4.78, 5) is 41.8. The molecular formula is C74H100BrCl4KN5NaO19S. The molecule has 0 spiro atoms. The summed E-state index contributed by atoms with van der Waals surface area (Å²) in [6, 6.07) is 20.4. The zero-order chi connectivity index (χ0) is 75.5. The van der Waals surface area contributed by atoms with Crippen LogP contribution in [0.1, 0.15) is 173 Å². The molecule has 24 nitrogen and oxygen atoms in total. The first-order chi connectivity index (χ1) is 49.7. The van der Waals surface area contributed by atoms with Crippen molar-refractivity contribution in [2.45, 2.75) is 183 Å². The second kappa shape index (κ2) is 58.0. The first kappa shape index (κ1) is 101. The van der Waals surface area contributed by atoms with Crippen LogP contribution in [0.25, 0.3) is 15.9 Å². The van der Waals surface area contributed by atoms with E-state index >= 15 is 0 Å². The predicted octanol–water partition coefficient (Wildman–Crippen LogP) is 9.62. The predicted molar refractivity (Wildman–Crippen MR) is 400 cm³/mol. The Labute approximate surface area is 717 Å². The fourth-order valence-electron chi connectivity index (χ4n) is 11.3. The molecule has 6 aromatic rings. The van der Waals surface area contributed by atoms with E-state index < -0.39 is 15.0 Å². The van der Waals surface area contributed by atoms with Crippen LogP contribution in [0.3, 0.4) is 0 Å². The van der Waals surface area contributed by atoms with Crippen LogP contribution in [-0.4, -0.2) is 185 Å². The smallest absolute Gasteiger partial charge is 0.870 e. The first-order valence-corrected chi connectivity index (χ1v) is 39.0. The number of ether oxygens (including phenoxy) is 11. The van der Waals surface area contributed by atoms with Gasteiger partial charge in [0.2, 0.25) is 6.54 Å². The van der Waals surface area contributed by atoms with Gasteiger partial charge in [-0.3, -0.25) is 9.78 Å². The number of aryl methyl sites for hydroxylation is 1. The van der Waals surface area contributed by atoms with E-state index in [1.165, 1.54) is 44.2 Å². The van der Waals surface area contributed by atoms with Crippen LogP contribution in [0.2, 0.25) is 15.1 Å². The van der Waals surface area contributed by atoms with Gasteiger partial charge in [-0.15, -0.1) is 0 Å². The van der Waals surface area contributed by atoms with E-state index in [0.717, 1.165) is 134 Å². The zero-order valence-electron chi connectivity index (χ0n) is 62.0. The molecule has 0 radical (unpaired) electrons. The average Bonchev–Trinajstić information content (AvgIpc) is 1.63. The topological polar surface area (TPSA) is 307 Å². The van der Waals surface area contributed by atoms with E-state index in [-0.39, 0.29) is 157 Å². The SMILES string of the molecule is CCC1CCCO1.CCOC(=O)Cc1ncccc1Cl.CCOC(=O)c1cc(C2CCCO2)n2cccc(Cl)c12.COC(Br)C1CCCO1.COCC1CCCO1.Cc1ccc(S(=O)(=O)Cl)cc1.O=C(O)c1cc(C2CCCO2)n2cccc(Cl)c12.OCC1CCCO1.[C-]#N.[C-]#[N+]CC1CCCO1.[K+].[Na+].[OH-]. The summed E-state index contributed by atoms with van der Waals surface area (Å²) >= 11 is 21.5. The first-order valence-electron chi connectivity index (χ1n) is 34.6. The van der Waals surface area contributed by atoms with E-state index in [9.17, 15) is 27.9 Å². The van der Waals surface area contributed by atoms with Gasteiger partial charge in [0.05, 0.1) is 129 Å². The number of esters is 2. The quantitative estimate of drug-likeness (QED) is 0.0299. The van der Waals surface area contributed by atoms with Crippen molar-refractivity contribution in [3.63, 3.8) is 0 Å². The van der Waals surface area contributed by atoms with Gasteiger partial charge in [-0.2, -0.15) is 0 Å². The maximum Gasteiger partial charge on any atom is 1.00 e. The standard InChI is InChI=1S/C15H16ClNO3.C13H12ClNO3.C9H10ClNO2.C7H7ClO2S.C6H11BrO2.C6H9NO.C6H12O2.C6H12O.C5H10O2.CN.K.Na.H2O/c1-2-19-15(18)10-9-12(13-6-4-8-20-13)17-7-3-5-11(16)14(10)17;14-9-3-1-5-15-10(11-4-2-6-18-11)7-8(12(9)15)13(16)17;1-2-13-9(12)6-8-7(10)4-3-5-11-8;1-6-2-4-7(5-3-6)11(8,9)10;1-8-6(7)5-3-2-4-9-5;2*1-7-5-6-3-2-4-8-6;1-2-6-4-3-5-7-6;6-4-5-2-1-3-7-5;1-2;;;/h3,5,7,9,13H,2,4,6,8H2,1H3;1,3,5,7,11H,2,4,6H2,(H,16,17);3-5H,2,6H2,1H3;2-5H,1H3;5-6H,2-4H2,1H3;6H,2-5H2;6H,2-5H2,1H3;6H,2-5H2,1H3;5-6H,1-4H2;;;;1H2/q;;;;;;;;;-1;2*+1;/p-1. The number of aliphatic hydroxyl groups is 1. The van der Waals surface area contributed by atoms with Crippen molar-refractivity contribution in [2.24, 2.45) is 0 Å². The number of benzene rings is 1. The Kier molecular flexibility index (Phi) is 55.3. The van der Waals surface area contributed by atoms with Crippen molar-refractivity contribution in [2.75, 3.05) is 93.4 Å². The minimum absolute atomic E-state index is 0. The molecule has 3 N–H and O–H groups in total. The molecule has 1 aromatic carbocycles. The molecule has 7 saturated heterocycles. The number of aliphatic hydroxyl groups excluding tert-OH is 1. The Morgan fingerprint density at radius 3 is 1.53 bits per heavy atom. The number of aromatic nitrogens is 3. The van der Waals surface area contributed by atoms with Crippen LogP contribution in [0.5, 0.6) is 0 Å². The van der Waals surface area contributed by atoms with Crippen molar-refractivity contribution in [3.05, 3.63) is 158 Å². The number of hydrogen-bond acceptors (Lipinski definition) is 20. The van der Waals surface area contributed by atoms with E-state index in [1.54, 1.807) is 82.8 Å². The average molecular weight is 1680 g/mol. The normalized spacial score (nSPS) is 20.2. The van der Waals surface area contributed by atoms with Crippen LogP contribution in [0.15, 0.2) is 96.3 Å². The molecule has 7 aliphatic heterocycles. The minimum Gasteiger partial charge on any atom is -0.870 e. The molecule has 13 rings (SSSR count). The van der Waals surface area contributed by atoms with Crippen LogP contribution in [0, 0.1) is 25.3 Å². The van der Waals surface area contributed by atoms with Gasteiger partial charge < -0.3 is 93.3 Å². The number of rotatable bonds is 16. The van der Waals surface area contributed by atoms with E-state index in [0.29, 0.717) is 69.3 Å². The number of methoxy groups -OCH3 is 2. The molecular weight excluding hydrogens is 1580 g/mol. The van der Waals surface area contributed by atoms with E-state index in [1.807, 2.05) is 40.3 Å². The van der Waals surface area contributed by atoms with Crippen LogP contribution in [-0.2, 0) is 72.4 Å². The summed E-state index contributed by atoms with van der Waals surface area (Å²) in [7, 11) is 4.93. The molecule has 8 unspecified atom stereocenters. The minimum atomic E-state index is -3.55. The van der Waals surface area contributed by atoms with Crippen molar-refractivity contribution in [3.8, 4) is 0 Å². The summed E-state index contributed by atoms with van der Waals surface area (Å²) in [6.07, 6.45) is 23.8. The third kappa shape index (κ3) is 36.3. The number of carbonyl (C=O) groups excluding carboxylic acids is 2.